The van der Waals surface area contributed by atoms with Crippen molar-refractivity contribution < 1.29 is 5.11 Å². The Hall–Kier alpha value is -0.860. The van der Waals surface area contributed by atoms with E-state index in [0.29, 0.717) is 12.5 Å². The molecule has 1 aromatic rings. The predicted molar refractivity (Wildman–Crippen MR) is 71.0 cm³/mol. The maximum absolute atomic E-state index is 9.78. The molecule has 0 spiro atoms. The molecular weight excluding hydrogens is 210 g/mol. The second kappa shape index (κ2) is 5.19. The predicted octanol–water partition coefficient (Wildman–Crippen LogP) is 2.59. The Labute approximate surface area is 104 Å². The number of hydrogen-bond donors (Lipinski definition) is 2. The van der Waals surface area contributed by atoms with Crippen LogP contribution in [0.4, 0.5) is 0 Å². The van der Waals surface area contributed by atoms with E-state index in [2.05, 4.69) is 31.2 Å². The average molecular weight is 233 g/mol. The normalized spacial score (nSPS) is 20.4. The number of aliphatic hydroxyl groups excluding tert-OH is 1. The lowest BCUT2D eigenvalue weighted by Gasteiger charge is -2.35. The van der Waals surface area contributed by atoms with E-state index in [-0.39, 0.29) is 12.0 Å². The third-order valence-corrected chi connectivity index (χ3v) is 4.37. The molecule has 3 N–H and O–H groups in total. The van der Waals surface area contributed by atoms with E-state index in [9.17, 15) is 5.11 Å². The SMILES string of the molecule is Cc1ccc([C@H](CN)C2(CO)CCCC2)cc1. The smallest absolute Gasteiger partial charge is 0.0493 e. The molecule has 0 amide bonds. The summed E-state index contributed by atoms with van der Waals surface area (Å²) in [7, 11) is 0. The van der Waals surface area contributed by atoms with Crippen LogP contribution in [0.5, 0.6) is 0 Å². The molecule has 0 bridgehead atoms. The van der Waals surface area contributed by atoms with Crippen molar-refractivity contribution in [2.75, 3.05) is 13.2 Å². The topological polar surface area (TPSA) is 46.2 Å². The molecule has 1 aromatic carbocycles. The van der Waals surface area contributed by atoms with Gasteiger partial charge in [-0.3, -0.25) is 0 Å². The molecule has 2 heteroatoms. The van der Waals surface area contributed by atoms with Crippen LogP contribution in [0.3, 0.4) is 0 Å². The fourth-order valence-corrected chi connectivity index (χ4v) is 3.23. The van der Waals surface area contributed by atoms with Crippen molar-refractivity contribution in [3.8, 4) is 0 Å². The minimum atomic E-state index is 0.0318. The number of nitrogens with two attached hydrogens (primary N) is 1. The molecule has 1 fully saturated rings. The lowest BCUT2D eigenvalue weighted by atomic mass is 9.71. The first-order valence-electron chi connectivity index (χ1n) is 6.59. The molecule has 94 valence electrons. The van der Waals surface area contributed by atoms with Crippen LogP contribution in [0.15, 0.2) is 24.3 Å². The summed E-state index contributed by atoms with van der Waals surface area (Å²) in [6, 6.07) is 8.61. The van der Waals surface area contributed by atoms with E-state index in [4.69, 9.17) is 5.73 Å². The zero-order chi connectivity index (χ0) is 12.3. The molecule has 17 heavy (non-hydrogen) atoms. The number of aryl methyl sites for hydroxylation is 1. The number of rotatable bonds is 4. The Morgan fingerprint density at radius 1 is 1.24 bits per heavy atom. The standard InChI is InChI=1S/C15H23NO/c1-12-4-6-13(7-5-12)14(10-16)15(11-17)8-2-3-9-15/h4-7,14,17H,2-3,8-11,16H2,1H3/t14-/m0/s1. The highest BCUT2D eigenvalue weighted by Crippen LogP contribution is 2.48. The van der Waals surface area contributed by atoms with Gasteiger partial charge in [-0.1, -0.05) is 42.7 Å². The van der Waals surface area contributed by atoms with Gasteiger partial charge in [-0.05, 0) is 31.9 Å². The van der Waals surface area contributed by atoms with Gasteiger partial charge < -0.3 is 10.8 Å². The second-order valence-electron chi connectivity index (χ2n) is 5.43. The van der Waals surface area contributed by atoms with Crippen LogP contribution >= 0.6 is 0 Å². The van der Waals surface area contributed by atoms with Crippen LogP contribution in [-0.4, -0.2) is 18.3 Å². The van der Waals surface area contributed by atoms with E-state index in [1.165, 1.54) is 24.0 Å². The molecule has 1 aliphatic rings. The maximum atomic E-state index is 9.78. The van der Waals surface area contributed by atoms with Crippen LogP contribution in [0.1, 0.15) is 42.7 Å². The van der Waals surface area contributed by atoms with Crippen molar-refractivity contribution in [3.63, 3.8) is 0 Å². The van der Waals surface area contributed by atoms with Gasteiger partial charge in [0.2, 0.25) is 0 Å². The van der Waals surface area contributed by atoms with Crippen molar-refractivity contribution in [2.45, 2.75) is 38.5 Å². The Bertz CT molecular complexity index is 352. The van der Waals surface area contributed by atoms with E-state index in [1.54, 1.807) is 0 Å². The molecule has 0 unspecified atom stereocenters. The summed E-state index contributed by atoms with van der Waals surface area (Å²) in [6.07, 6.45) is 4.67. The monoisotopic (exact) mass is 233 g/mol. The van der Waals surface area contributed by atoms with Crippen molar-refractivity contribution in [1.29, 1.82) is 0 Å². The molecule has 0 aliphatic heterocycles. The van der Waals surface area contributed by atoms with Crippen molar-refractivity contribution in [1.82, 2.24) is 0 Å². The van der Waals surface area contributed by atoms with Gasteiger partial charge in [-0.15, -0.1) is 0 Å². The van der Waals surface area contributed by atoms with E-state index in [1.807, 2.05) is 0 Å². The molecule has 1 atom stereocenters. The summed E-state index contributed by atoms with van der Waals surface area (Å²) in [6.45, 7) is 2.99. The van der Waals surface area contributed by atoms with Gasteiger partial charge in [-0.25, -0.2) is 0 Å². The van der Waals surface area contributed by atoms with E-state index >= 15 is 0 Å². The molecule has 1 aliphatic carbocycles. The molecule has 0 aromatic heterocycles. The fourth-order valence-electron chi connectivity index (χ4n) is 3.23. The molecule has 0 heterocycles. The zero-order valence-electron chi connectivity index (χ0n) is 10.7. The summed E-state index contributed by atoms with van der Waals surface area (Å²) in [5, 5.41) is 9.78. The Morgan fingerprint density at radius 3 is 2.29 bits per heavy atom. The summed E-state index contributed by atoms with van der Waals surface area (Å²) in [5.41, 5.74) is 8.56. The minimum absolute atomic E-state index is 0.0318. The Kier molecular flexibility index (Phi) is 3.85. The summed E-state index contributed by atoms with van der Waals surface area (Å²) in [5.74, 6) is 0.301. The van der Waals surface area contributed by atoms with Crippen LogP contribution in [-0.2, 0) is 0 Å². The van der Waals surface area contributed by atoms with Crippen molar-refractivity contribution >= 4 is 0 Å². The Morgan fingerprint density at radius 2 is 1.82 bits per heavy atom. The lowest BCUT2D eigenvalue weighted by Crippen LogP contribution is -2.34. The van der Waals surface area contributed by atoms with Gasteiger partial charge in [0, 0.05) is 17.9 Å². The van der Waals surface area contributed by atoms with Gasteiger partial charge in [0.15, 0.2) is 0 Å². The molecular formula is C15H23NO. The summed E-state index contributed by atoms with van der Waals surface area (Å²) in [4.78, 5) is 0. The maximum Gasteiger partial charge on any atom is 0.0493 e. The third-order valence-electron chi connectivity index (χ3n) is 4.37. The zero-order valence-corrected chi connectivity index (χ0v) is 10.7. The van der Waals surface area contributed by atoms with Crippen LogP contribution < -0.4 is 5.73 Å². The van der Waals surface area contributed by atoms with Crippen LogP contribution in [0, 0.1) is 12.3 Å². The highest BCUT2D eigenvalue weighted by Gasteiger charge is 2.40. The van der Waals surface area contributed by atoms with Crippen molar-refractivity contribution in [3.05, 3.63) is 35.4 Å². The molecule has 0 radical (unpaired) electrons. The van der Waals surface area contributed by atoms with Gasteiger partial charge in [-0.2, -0.15) is 0 Å². The quantitative estimate of drug-likeness (QED) is 0.839. The van der Waals surface area contributed by atoms with Crippen LogP contribution in [0.25, 0.3) is 0 Å². The molecule has 2 rings (SSSR count). The first-order valence-corrected chi connectivity index (χ1v) is 6.59. The number of aliphatic hydroxyl groups is 1. The highest BCUT2D eigenvalue weighted by molar-refractivity contribution is 5.27. The van der Waals surface area contributed by atoms with Gasteiger partial charge >= 0.3 is 0 Å². The Balaban J connectivity index is 2.28. The summed E-state index contributed by atoms with van der Waals surface area (Å²) < 4.78 is 0. The third kappa shape index (κ3) is 2.38. The molecule has 0 saturated heterocycles. The van der Waals surface area contributed by atoms with E-state index in [0.717, 1.165) is 12.8 Å². The molecule has 2 nitrogen and oxygen atoms in total. The number of hydrogen-bond acceptors (Lipinski definition) is 2. The molecule has 1 saturated carbocycles. The van der Waals surface area contributed by atoms with Gasteiger partial charge in [0.25, 0.3) is 0 Å². The summed E-state index contributed by atoms with van der Waals surface area (Å²) >= 11 is 0. The van der Waals surface area contributed by atoms with Gasteiger partial charge in [0.05, 0.1) is 0 Å². The van der Waals surface area contributed by atoms with Crippen LogP contribution in [0.2, 0.25) is 0 Å². The highest BCUT2D eigenvalue weighted by atomic mass is 16.3. The van der Waals surface area contributed by atoms with E-state index < -0.39 is 0 Å². The largest absolute Gasteiger partial charge is 0.396 e. The first-order chi connectivity index (χ1) is 8.22. The van der Waals surface area contributed by atoms with Gasteiger partial charge in [0.1, 0.15) is 0 Å². The average Bonchev–Trinajstić information content (AvgIpc) is 2.82. The fraction of sp³-hybridized carbons (Fsp3) is 0.600. The van der Waals surface area contributed by atoms with Crippen molar-refractivity contribution in [2.24, 2.45) is 11.1 Å². The second-order valence-corrected chi connectivity index (χ2v) is 5.43. The number of benzene rings is 1. The lowest BCUT2D eigenvalue weighted by molar-refractivity contribution is 0.103. The first kappa shape index (κ1) is 12.6. The minimum Gasteiger partial charge on any atom is -0.396 e.